The molecule has 11 aromatic rings. The Hall–Kier alpha value is -7.36. The van der Waals surface area contributed by atoms with Crippen LogP contribution in [0.5, 0.6) is 0 Å². The Labute approximate surface area is 355 Å². The third-order valence-electron chi connectivity index (χ3n) is 13.2. The van der Waals surface area contributed by atoms with E-state index in [1.165, 1.54) is 81.4 Å². The highest BCUT2D eigenvalue weighted by Crippen LogP contribution is 2.47. The first-order valence-electron chi connectivity index (χ1n) is 21.8. The number of nitrogens with zero attached hydrogens (tertiary/aromatic N) is 2. The zero-order chi connectivity index (χ0) is 40.3. The quantitative estimate of drug-likeness (QED) is 0.161. The van der Waals surface area contributed by atoms with Crippen molar-refractivity contribution >= 4 is 71.6 Å². The Morgan fingerprint density at radius 3 is 2.03 bits per heavy atom. The summed E-state index contributed by atoms with van der Waals surface area (Å²) >= 11 is 0. The van der Waals surface area contributed by atoms with Gasteiger partial charge in [0.25, 0.3) is 0 Å². The average molecular weight is 785 g/mol. The predicted octanol–water partition coefficient (Wildman–Crippen LogP) is 16.7. The van der Waals surface area contributed by atoms with Gasteiger partial charge in [-0.2, -0.15) is 0 Å². The van der Waals surface area contributed by atoms with Crippen LogP contribution in [0.4, 0.5) is 17.1 Å². The first-order chi connectivity index (χ1) is 30.3. The van der Waals surface area contributed by atoms with Crippen LogP contribution in [0.25, 0.3) is 82.5 Å². The van der Waals surface area contributed by atoms with Crippen LogP contribution in [-0.2, 0) is 0 Å². The largest absolute Gasteiger partial charge is 0.456 e. The van der Waals surface area contributed by atoms with Crippen LogP contribution >= 0.6 is 0 Å². The van der Waals surface area contributed by atoms with Crippen molar-refractivity contribution in [1.29, 1.82) is 0 Å². The van der Waals surface area contributed by atoms with Gasteiger partial charge in [-0.1, -0.05) is 153 Å². The minimum Gasteiger partial charge on any atom is -0.456 e. The van der Waals surface area contributed by atoms with Crippen LogP contribution in [0, 0.1) is 0 Å². The third kappa shape index (κ3) is 6.03. The van der Waals surface area contributed by atoms with Crippen LogP contribution in [0.2, 0.25) is 0 Å². The molecule has 1 aliphatic carbocycles. The SMILES string of the molecule is c1ccc(-n2c3ccccc3c3ccc(N(c4cccc(-c5ccc6oc7ccccc7c6c5)c4)c4ccccc4-c4cccc5cccc(C6CCCCC6)c45)cc32)cc1. The highest BCUT2D eigenvalue weighted by Gasteiger charge is 2.24. The van der Waals surface area contributed by atoms with Gasteiger partial charge in [0.15, 0.2) is 0 Å². The minimum absolute atomic E-state index is 0.575. The van der Waals surface area contributed by atoms with Crippen molar-refractivity contribution in [2.24, 2.45) is 0 Å². The van der Waals surface area contributed by atoms with E-state index in [1.54, 1.807) is 0 Å². The molecule has 0 saturated heterocycles. The van der Waals surface area contributed by atoms with Gasteiger partial charge in [-0.15, -0.1) is 0 Å². The molecule has 61 heavy (non-hydrogen) atoms. The first kappa shape index (κ1) is 35.6. The Balaban J connectivity index is 1.10. The van der Waals surface area contributed by atoms with Crippen LogP contribution in [0.1, 0.15) is 43.6 Å². The molecule has 0 N–H and O–H groups in total. The predicted molar refractivity (Wildman–Crippen MR) is 257 cm³/mol. The van der Waals surface area contributed by atoms with Crippen molar-refractivity contribution in [2.75, 3.05) is 4.90 Å². The lowest BCUT2D eigenvalue weighted by molar-refractivity contribution is 0.445. The molecule has 2 heterocycles. The van der Waals surface area contributed by atoms with E-state index in [-0.39, 0.29) is 0 Å². The maximum atomic E-state index is 6.24. The fraction of sp³-hybridized carbons (Fsp3) is 0.103. The van der Waals surface area contributed by atoms with Gasteiger partial charge in [-0.3, -0.25) is 0 Å². The van der Waals surface area contributed by atoms with Crippen LogP contribution < -0.4 is 4.90 Å². The zero-order valence-electron chi connectivity index (χ0n) is 34.0. The Bertz CT molecular complexity index is 3420. The van der Waals surface area contributed by atoms with E-state index in [2.05, 4.69) is 198 Å². The molecule has 0 bridgehead atoms. The smallest absolute Gasteiger partial charge is 0.135 e. The van der Waals surface area contributed by atoms with Crippen LogP contribution in [0.3, 0.4) is 0 Å². The number of hydrogen-bond donors (Lipinski definition) is 0. The second-order valence-corrected chi connectivity index (χ2v) is 16.7. The number of anilines is 3. The van der Waals surface area contributed by atoms with Gasteiger partial charge >= 0.3 is 0 Å². The lowest BCUT2D eigenvalue weighted by atomic mass is 9.80. The van der Waals surface area contributed by atoms with Crippen LogP contribution in [0.15, 0.2) is 205 Å². The molecule has 9 aromatic carbocycles. The first-order valence-corrected chi connectivity index (χ1v) is 21.8. The topological polar surface area (TPSA) is 21.3 Å². The molecule has 3 nitrogen and oxygen atoms in total. The molecule has 0 spiro atoms. The Kier molecular flexibility index (Phi) is 8.59. The average Bonchev–Trinajstić information content (AvgIpc) is 3.87. The van der Waals surface area contributed by atoms with E-state index in [9.17, 15) is 0 Å². The number of furan rings is 1. The molecule has 3 heteroatoms. The molecule has 1 saturated carbocycles. The fourth-order valence-electron chi connectivity index (χ4n) is 10.4. The molecule has 0 amide bonds. The van der Waals surface area contributed by atoms with Crippen LogP contribution in [-0.4, -0.2) is 4.57 Å². The number of fused-ring (bicyclic) bond motifs is 7. The molecule has 1 fully saturated rings. The number of para-hydroxylation sites is 4. The van der Waals surface area contributed by atoms with Crippen molar-refractivity contribution in [3.8, 4) is 27.9 Å². The lowest BCUT2D eigenvalue weighted by Crippen LogP contribution is -2.12. The maximum absolute atomic E-state index is 6.24. The summed E-state index contributed by atoms with van der Waals surface area (Å²) in [6.07, 6.45) is 6.45. The third-order valence-corrected chi connectivity index (χ3v) is 13.2. The summed E-state index contributed by atoms with van der Waals surface area (Å²) in [5.74, 6) is 0.575. The molecule has 292 valence electrons. The molecule has 2 aromatic heterocycles. The van der Waals surface area contributed by atoms with Crippen molar-refractivity contribution in [3.63, 3.8) is 0 Å². The number of benzene rings is 9. The molecule has 0 radical (unpaired) electrons. The zero-order valence-corrected chi connectivity index (χ0v) is 34.0. The Morgan fingerprint density at radius 2 is 1.13 bits per heavy atom. The van der Waals surface area contributed by atoms with E-state index in [4.69, 9.17) is 4.42 Å². The van der Waals surface area contributed by atoms with E-state index in [1.807, 2.05) is 12.1 Å². The van der Waals surface area contributed by atoms with Crippen molar-refractivity contribution in [3.05, 3.63) is 206 Å². The van der Waals surface area contributed by atoms with E-state index in [0.29, 0.717) is 5.92 Å². The summed E-state index contributed by atoms with van der Waals surface area (Å²) < 4.78 is 8.66. The van der Waals surface area contributed by atoms with E-state index >= 15 is 0 Å². The minimum atomic E-state index is 0.575. The molecule has 0 unspecified atom stereocenters. The van der Waals surface area contributed by atoms with Gasteiger partial charge in [-0.05, 0) is 119 Å². The second-order valence-electron chi connectivity index (χ2n) is 16.7. The molecule has 0 aliphatic heterocycles. The van der Waals surface area contributed by atoms with Crippen molar-refractivity contribution in [2.45, 2.75) is 38.0 Å². The molecule has 1 aliphatic rings. The van der Waals surface area contributed by atoms with Gasteiger partial charge in [0.05, 0.1) is 16.7 Å². The fourth-order valence-corrected chi connectivity index (χ4v) is 10.4. The molecule has 12 rings (SSSR count). The maximum Gasteiger partial charge on any atom is 0.135 e. The standard InChI is InChI=1S/C58H44N2O/c1-3-16-39(17-4-1)46-27-14-18-40-19-15-28-51(58(40)46)48-25-8-10-29-53(48)59(44-23-13-20-41(36-44)42-32-35-57-52(37-42)50-26-9-12-31-56(50)61-57)45-33-34-49-47-24-7-11-30-54(47)60(55(49)38-45)43-21-5-2-6-22-43/h2,5-15,18-39H,1,3-4,16-17H2. The summed E-state index contributed by atoms with van der Waals surface area (Å²) in [6, 6.07) is 73.4. The summed E-state index contributed by atoms with van der Waals surface area (Å²) in [7, 11) is 0. The molecular formula is C58H44N2O. The number of hydrogen-bond acceptors (Lipinski definition) is 2. The van der Waals surface area contributed by atoms with Crippen molar-refractivity contribution < 1.29 is 4.42 Å². The normalized spacial score (nSPS) is 13.5. The number of aromatic nitrogens is 1. The highest BCUT2D eigenvalue weighted by molar-refractivity contribution is 6.11. The Morgan fingerprint density at radius 1 is 0.443 bits per heavy atom. The summed E-state index contributed by atoms with van der Waals surface area (Å²) in [5, 5.41) is 7.44. The van der Waals surface area contributed by atoms with E-state index < -0.39 is 0 Å². The van der Waals surface area contributed by atoms with Crippen molar-refractivity contribution in [1.82, 2.24) is 4.57 Å². The van der Waals surface area contributed by atoms with Gasteiger partial charge in [0, 0.05) is 44.2 Å². The number of rotatable bonds is 7. The van der Waals surface area contributed by atoms with E-state index in [0.717, 1.165) is 55.8 Å². The molecule has 0 atom stereocenters. The summed E-state index contributed by atoms with van der Waals surface area (Å²) in [4.78, 5) is 2.49. The van der Waals surface area contributed by atoms with Gasteiger partial charge < -0.3 is 13.9 Å². The van der Waals surface area contributed by atoms with Gasteiger partial charge in [0.1, 0.15) is 11.2 Å². The van der Waals surface area contributed by atoms with Gasteiger partial charge in [-0.25, -0.2) is 0 Å². The lowest BCUT2D eigenvalue weighted by Gasteiger charge is -2.29. The highest BCUT2D eigenvalue weighted by atomic mass is 16.3. The molecular weight excluding hydrogens is 741 g/mol. The van der Waals surface area contributed by atoms with Gasteiger partial charge in [0.2, 0.25) is 0 Å². The summed E-state index contributed by atoms with van der Waals surface area (Å²) in [6.45, 7) is 0. The second kappa shape index (κ2) is 14.7. The monoisotopic (exact) mass is 784 g/mol. The summed E-state index contributed by atoms with van der Waals surface area (Å²) in [5.41, 5.74) is 15.0.